The van der Waals surface area contributed by atoms with E-state index in [1.807, 2.05) is 24.3 Å². The molecule has 0 saturated carbocycles. The highest BCUT2D eigenvalue weighted by molar-refractivity contribution is 9.10. The number of hydrogen-bond acceptors (Lipinski definition) is 7. The Kier molecular flexibility index (Phi) is 5.73. The lowest BCUT2D eigenvalue weighted by atomic mass is 9.93. The average molecular weight is 491 g/mol. The number of phenolic OH excluding ortho intramolecular Hbond substituents is 4. The minimum atomic E-state index is -1.06. The van der Waals surface area contributed by atoms with Crippen molar-refractivity contribution < 1.29 is 30.3 Å². The van der Waals surface area contributed by atoms with Crippen LogP contribution >= 0.6 is 27.7 Å². The van der Waals surface area contributed by atoms with E-state index in [4.69, 9.17) is 4.74 Å². The van der Waals surface area contributed by atoms with Gasteiger partial charge in [0, 0.05) is 22.4 Å². The number of aromatic hydroxyl groups is 4. The van der Waals surface area contributed by atoms with Crippen LogP contribution in [0, 0.1) is 0 Å². The fourth-order valence-corrected chi connectivity index (χ4v) is 5.02. The van der Waals surface area contributed by atoms with Gasteiger partial charge in [0.15, 0.2) is 17.6 Å². The lowest BCUT2D eigenvalue weighted by molar-refractivity contribution is 0.0174. The van der Waals surface area contributed by atoms with Crippen LogP contribution in [0.2, 0.25) is 0 Å². The van der Waals surface area contributed by atoms with Crippen molar-refractivity contribution in [3.05, 3.63) is 75.8 Å². The molecule has 8 heteroatoms. The van der Waals surface area contributed by atoms with Gasteiger partial charge in [0.2, 0.25) is 0 Å². The van der Waals surface area contributed by atoms with Gasteiger partial charge in [-0.1, -0.05) is 34.1 Å². The van der Waals surface area contributed by atoms with Gasteiger partial charge in [0.1, 0.15) is 23.4 Å². The van der Waals surface area contributed by atoms with Gasteiger partial charge >= 0.3 is 0 Å². The Morgan fingerprint density at radius 3 is 2.30 bits per heavy atom. The molecule has 1 unspecified atom stereocenters. The van der Waals surface area contributed by atoms with E-state index in [0.717, 1.165) is 10.0 Å². The van der Waals surface area contributed by atoms with Crippen LogP contribution in [0.25, 0.3) is 0 Å². The van der Waals surface area contributed by atoms with Gasteiger partial charge in [0.05, 0.1) is 10.8 Å². The standard InChI is InChI=1S/C22H19BrO6S/c23-13-4-1-11(2-5-13)10-30-22-19-17(27)8-14(24)9-18(19)29-21(20(22)28)12-3-6-15(25)16(26)7-12/h1-9,20-22,24-28H,10H2/t20-,21-,22?/m1/s1. The quantitative estimate of drug-likeness (QED) is 0.336. The molecule has 5 N–H and O–H groups in total. The number of benzene rings is 3. The maximum atomic E-state index is 11.1. The topological polar surface area (TPSA) is 110 Å². The fraction of sp³-hybridized carbons (Fsp3) is 0.182. The molecular weight excluding hydrogens is 472 g/mol. The molecule has 0 spiro atoms. The lowest BCUT2D eigenvalue weighted by Gasteiger charge is -2.37. The molecule has 0 bridgehead atoms. The predicted molar refractivity (Wildman–Crippen MR) is 117 cm³/mol. The summed E-state index contributed by atoms with van der Waals surface area (Å²) in [6.45, 7) is 0. The summed E-state index contributed by atoms with van der Waals surface area (Å²) in [5, 5.41) is 50.4. The van der Waals surface area contributed by atoms with Gasteiger partial charge in [-0.3, -0.25) is 0 Å². The molecule has 1 aliphatic heterocycles. The largest absolute Gasteiger partial charge is 0.508 e. The Morgan fingerprint density at radius 1 is 0.867 bits per heavy atom. The smallest absolute Gasteiger partial charge is 0.157 e. The minimum Gasteiger partial charge on any atom is -0.508 e. The Bertz CT molecular complexity index is 1070. The minimum absolute atomic E-state index is 0.161. The fourth-order valence-electron chi connectivity index (χ4n) is 3.45. The normalized spacial score (nSPS) is 20.4. The van der Waals surface area contributed by atoms with Crippen molar-refractivity contribution >= 4 is 27.7 Å². The Hall–Kier alpha value is -2.55. The van der Waals surface area contributed by atoms with Gasteiger partial charge in [0.25, 0.3) is 0 Å². The van der Waals surface area contributed by atoms with Crippen molar-refractivity contribution in [2.24, 2.45) is 0 Å². The molecule has 0 aromatic heterocycles. The molecule has 1 aliphatic rings. The molecular formula is C22H19BrO6S. The summed E-state index contributed by atoms with van der Waals surface area (Å²) in [6, 6.07) is 14.6. The van der Waals surface area contributed by atoms with Crippen LogP contribution in [0.3, 0.4) is 0 Å². The predicted octanol–water partition coefficient (Wildman–Crippen LogP) is 4.74. The number of aliphatic hydroxyl groups excluding tert-OH is 1. The second-order valence-electron chi connectivity index (χ2n) is 7.01. The van der Waals surface area contributed by atoms with Crippen LogP contribution < -0.4 is 4.74 Å². The Balaban J connectivity index is 1.70. The first-order valence-corrected chi connectivity index (χ1v) is 11.0. The third kappa shape index (κ3) is 4.03. The molecule has 0 radical (unpaired) electrons. The van der Waals surface area contributed by atoms with Crippen molar-refractivity contribution in [2.45, 2.75) is 23.2 Å². The summed E-state index contributed by atoms with van der Waals surface area (Å²) in [4.78, 5) is 0. The zero-order valence-corrected chi connectivity index (χ0v) is 18.0. The third-order valence-electron chi connectivity index (χ3n) is 4.93. The van der Waals surface area contributed by atoms with Crippen LogP contribution in [0.4, 0.5) is 0 Å². The number of thioether (sulfide) groups is 1. The van der Waals surface area contributed by atoms with Crippen molar-refractivity contribution in [1.29, 1.82) is 0 Å². The van der Waals surface area contributed by atoms with Crippen molar-refractivity contribution in [3.63, 3.8) is 0 Å². The van der Waals surface area contributed by atoms with E-state index in [1.54, 1.807) is 6.07 Å². The van der Waals surface area contributed by atoms with E-state index < -0.39 is 17.5 Å². The second kappa shape index (κ2) is 8.29. The maximum Gasteiger partial charge on any atom is 0.157 e. The van der Waals surface area contributed by atoms with Crippen molar-refractivity contribution in [3.8, 4) is 28.7 Å². The number of hydrogen-bond donors (Lipinski definition) is 5. The zero-order valence-electron chi connectivity index (χ0n) is 15.6. The summed E-state index contributed by atoms with van der Waals surface area (Å²) < 4.78 is 6.87. The molecule has 3 aromatic rings. The second-order valence-corrected chi connectivity index (χ2v) is 9.06. The monoisotopic (exact) mass is 490 g/mol. The molecule has 30 heavy (non-hydrogen) atoms. The number of rotatable bonds is 4. The molecule has 1 heterocycles. The zero-order chi connectivity index (χ0) is 21.4. The summed E-state index contributed by atoms with van der Waals surface area (Å²) in [5.41, 5.74) is 1.91. The van der Waals surface area contributed by atoms with Gasteiger partial charge < -0.3 is 30.3 Å². The van der Waals surface area contributed by atoms with E-state index >= 15 is 0 Å². The Morgan fingerprint density at radius 2 is 1.60 bits per heavy atom. The van der Waals surface area contributed by atoms with Gasteiger partial charge in [-0.15, -0.1) is 11.8 Å². The third-order valence-corrected chi connectivity index (χ3v) is 6.84. The molecule has 0 saturated heterocycles. The number of fused-ring (bicyclic) bond motifs is 1. The SMILES string of the molecule is Oc1cc(O)c2c(c1)O[C@H](c1ccc(O)c(O)c1)[C@@H](O)C2SCc1ccc(Br)cc1. The van der Waals surface area contributed by atoms with Crippen molar-refractivity contribution in [1.82, 2.24) is 0 Å². The molecule has 0 fully saturated rings. The average Bonchev–Trinajstić information content (AvgIpc) is 2.70. The van der Waals surface area contributed by atoms with E-state index in [0.29, 0.717) is 16.9 Å². The first-order chi connectivity index (χ1) is 14.3. The van der Waals surface area contributed by atoms with Crippen LogP contribution in [0.1, 0.15) is 28.0 Å². The van der Waals surface area contributed by atoms with E-state index in [2.05, 4.69) is 15.9 Å². The molecule has 0 amide bonds. The van der Waals surface area contributed by atoms with E-state index in [1.165, 1.54) is 36.0 Å². The van der Waals surface area contributed by atoms with Crippen LogP contribution in [-0.4, -0.2) is 31.6 Å². The summed E-state index contributed by atoms with van der Waals surface area (Å²) in [7, 11) is 0. The summed E-state index contributed by atoms with van der Waals surface area (Å²) >= 11 is 4.84. The highest BCUT2D eigenvalue weighted by Gasteiger charge is 2.40. The van der Waals surface area contributed by atoms with Gasteiger partial charge in [-0.25, -0.2) is 0 Å². The first kappa shape index (κ1) is 20.7. The van der Waals surface area contributed by atoms with Crippen LogP contribution in [0.15, 0.2) is 59.1 Å². The summed E-state index contributed by atoms with van der Waals surface area (Å²) in [6.07, 6.45) is -1.93. The number of aliphatic hydroxyl groups is 1. The first-order valence-electron chi connectivity index (χ1n) is 9.12. The van der Waals surface area contributed by atoms with Crippen LogP contribution in [-0.2, 0) is 5.75 Å². The lowest BCUT2D eigenvalue weighted by Crippen LogP contribution is -2.33. The molecule has 4 rings (SSSR count). The highest BCUT2D eigenvalue weighted by Crippen LogP contribution is 2.53. The molecule has 6 nitrogen and oxygen atoms in total. The number of ether oxygens (including phenoxy) is 1. The molecule has 3 atom stereocenters. The van der Waals surface area contributed by atoms with Gasteiger partial charge in [-0.2, -0.15) is 0 Å². The number of phenols is 4. The molecule has 3 aromatic carbocycles. The maximum absolute atomic E-state index is 11.1. The van der Waals surface area contributed by atoms with Crippen molar-refractivity contribution in [2.75, 3.05) is 0 Å². The highest BCUT2D eigenvalue weighted by atomic mass is 79.9. The summed E-state index contributed by atoms with van der Waals surface area (Å²) in [5.74, 6) is -0.102. The van der Waals surface area contributed by atoms with Gasteiger partial charge in [-0.05, 0) is 35.4 Å². The molecule has 0 aliphatic carbocycles. The van der Waals surface area contributed by atoms with E-state index in [9.17, 15) is 25.5 Å². The van der Waals surface area contributed by atoms with Crippen LogP contribution in [0.5, 0.6) is 28.7 Å². The van der Waals surface area contributed by atoms with E-state index in [-0.39, 0.29) is 28.7 Å². The molecule has 156 valence electrons. The Labute approximate surface area is 185 Å². The number of halogens is 1.